The first-order valence-electron chi connectivity index (χ1n) is 11.1. The van der Waals surface area contributed by atoms with Crippen molar-refractivity contribution in [2.24, 2.45) is 4.99 Å². The van der Waals surface area contributed by atoms with Crippen LogP contribution in [0.15, 0.2) is 62.3 Å². The lowest BCUT2D eigenvalue weighted by atomic mass is 9.94. The maximum Gasteiger partial charge on any atom is 0.269 e. The Bertz CT molecular complexity index is 1190. The molecule has 0 N–H and O–H groups in total. The Morgan fingerprint density at radius 3 is 2.48 bits per heavy atom. The third-order valence-corrected chi connectivity index (χ3v) is 8.88. The van der Waals surface area contributed by atoms with Crippen LogP contribution in [0.5, 0.6) is 0 Å². The standard InChI is InChI=1S/C25H24ClN3O2S2/c1-15(30)16-8-11-18(12-9-16)27-25-29(19-6-4-3-5-7-19)23(31)22(33-25)24-28(2)20-14-17(26)10-13-21(20)32-24/h8-14,19H,3-7H2,1-2H3/b24-22-,27-25?. The molecule has 5 rings (SSSR count). The van der Waals surface area contributed by atoms with Gasteiger partial charge in [0.05, 0.1) is 16.4 Å². The SMILES string of the molecule is CC(=O)c1ccc(N=C2S/C(=C3\Sc4ccc(Cl)cc4N3C)C(=O)N2C2CCCCC2)cc1. The van der Waals surface area contributed by atoms with E-state index < -0.39 is 0 Å². The number of aliphatic imine (C=N–C) groups is 1. The summed E-state index contributed by atoms with van der Waals surface area (Å²) >= 11 is 9.27. The fourth-order valence-corrected chi connectivity index (χ4v) is 7.00. The Morgan fingerprint density at radius 1 is 1.06 bits per heavy atom. The first-order valence-corrected chi connectivity index (χ1v) is 13.1. The number of Topliss-reactive ketones (excluding diaryl/α,β-unsaturated/α-hetero) is 1. The molecule has 170 valence electrons. The molecule has 5 nitrogen and oxygen atoms in total. The molecule has 0 atom stereocenters. The van der Waals surface area contributed by atoms with E-state index in [4.69, 9.17) is 16.6 Å². The highest BCUT2D eigenvalue weighted by Gasteiger charge is 2.42. The van der Waals surface area contributed by atoms with E-state index >= 15 is 0 Å². The molecule has 0 spiro atoms. The molecule has 1 amide bonds. The summed E-state index contributed by atoms with van der Waals surface area (Å²) in [5, 5.41) is 2.31. The average molecular weight is 498 g/mol. The van der Waals surface area contributed by atoms with Crippen LogP contribution in [0.4, 0.5) is 11.4 Å². The Hall–Kier alpha value is -2.22. The molecular formula is C25H24ClN3O2S2. The van der Waals surface area contributed by atoms with E-state index in [1.165, 1.54) is 18.2 Å². The van der Waals surface area contributed by atoms with Gasteiger partial charge in [0.1, 0.15) is 4.91 Å². The number of thioether (sulfide) groups is 2. The van der Waals surface area contributed by atoms with Crippen LogP contribution in [0.2, 0.25) is 5.02 Å². The summed E-state index contributed by atoms with van der Waals surface area (Å²) in [6, 6.07) is 13.2. The summed E-state index contributed by atoms with van der Waals surface area (Å²) in [6.07, 6.45) is 5.47. The molecule has 0 radical (unpaired) electrons. The smallest absolute Gasteiger partial charge is 0.269 e. The van der Waals surface area contributed by atoms with E-state index in [1.54, 1.807) is 30.8 Å². The number of anilines is 1. The molecule has 0 bridgehead atoms. The van der Waals surface area contributed by atoms with Crippen molar-refractivity contribution in [3.8, 4) is 0 Å². The van der Waals surface area contributed by atoms with Gasteiger partial charge in [-0.3, -0.25) is 14.5 Å². The molecule has 33 heavy (non-hydrogen) atoms. The summed E-state index contributed by atoms with van der Waals surface area (Å²) in [5.41, 5.74) is 2.41. The molecule has 2 aromatic rings. The monoisotopic (exact) mass is 497 g/mol. The normalized spacial score (nSPS) is 22.4. The first kappa shape index (κ1) is 22.6. The zero-order valence-corrected chi connectivity index (χ0v) is 20.9. The molecule has 1 saturated heterocycles. The average Bonchev–Trinajstić information content (AvgIpc) is 3.30. The van der Waals surface area contributed by atoms with Crippen molar-refractivity contribution in [1.29, 1.82) is 0 Å². The van der Waals surface area contributed by atoms with E-state index in [-0.39, 0.29) is 17.7 Å². The van der Waals surface area contributed by atoms with E-state index in [1.807, 2.05) is 42.3 Å². The fourth-order valence-electron chi connectivity index (χ4n) is 4.45. The Morgan fingerprint density at radius 2 is 1.79 bits per heavy atom. The largest absolute Gasteiger partial charge is 0.337 e. The van der Waals surface area contributed by atoms with Crippen LogP contribution in [0, 0.1) is 0 Å². The lowest BCUT2D eigenvalue weighted by Gasteiger charge is -2.30. The second-order valence-corrected chi connectivity index (χ2v) is 10.9. The third-order valence-electron chi connectivity index (χ3n) is 6.24. The van der Waals surface area contributed by atoms with Gasteiger partial charge in [0.15, 0.2) is 11.0 Å². The van der Waals surface area contributed by atoms with Crippen LogP contribution in [-0.4, -0.2) is 34.8 Å². The number of ketones is 1. The maximum absolute atomic E-state index is 13.8. The predicted molar refractivity (Wildman–Crippen MR) is 138 cm³/mol. The number of hydrogen-bond donors (Lipinski definition) is 0. The quantitative estimate of drug-likeness (QED) is 0.343. The lowest BCUT2D eigenvalue weighted by molar-refractivity contribution is -0.124. The molecule has 8 heteroatoms. The topological polar surface area (TPSA) is 53.0 Å². The van der Waals surface area contributed by atoms with Crippen LogP contribution in [0.1, 0.15) is 49.4 Å². The molecule has 2 aromatic carbocycles. The van der Waals surface area contributed by atoms with Crippen molar-refractivity contribution < 1.29 is 9.59 Å². The molecule has 2 heterocycles. The zero-order chi connectivity index (χ0) is 23.1. The highest BCUT2D eigenvalue weighted by atomic mass is 35.5. The van der Waals surface area contributed by atoms with Gasteiger partial charge < -0.3 is 4.90 Å². The maximum atomic E-state index is 13.8. The Kier molecular flexibility index (Phi) is 6.29. The van der Waals surface area contributed by atoms with Crippen molar-refractivity contribution in [1.82, 2.24) is 4.90 Å². The van der Waals surface area contributed by atoms with Gasteiger partial charge in [-0.2, -0.15) is 0 Å². The van der Waals surface area contributed by atoms with Gasteiger partial charge in [0.25, 0.3) is 5.91 Å². The second kappa shape index (κ2) is 9.20. The molecule has 2 fully saturated rings. The third kappa shape index (κ3) is 4.34. The second-order valence-electron chi connectivity index (χ2n) is 8.47. The van der Waals surface area contributed by atoms with Crippen molar-refractivity contribution in [2.75, 3.05) is 11.9 Å². The first-order chi connectivity index (χ1) is 15.9. The van der Waals surface area contributed by atoms with Gasteiger partial charge in [-0.1, -0.05) is 42.6 Å². The molecule has 3 aliphatic rings. The van der Waals surface area contributed by atoms with Gasteiger partial charge in [-0.05, 0) is 74.0 Å². The Balaban J connectivity index is 1.53. The summed E-state index contributed by atoms with van der Waals surface area (Å²) in [7, 11) is 1.98. The van der Waals surface area contributed by atoms with Crippen LogP contribution in [0.25, 0.3) is 0 Å². The van der Waals surface area contributed by atoms with Crippen molar-refractivity contribution in [3.63, 3.8) is 0 Å². The minimum Gasteiger partial charge on any atom is -0.337 e. The van der Waals surface area contributed by atoms with E-state index in [0.717, 1.165) is 47.0 Å². The minimum atomic E-state index is 0.0245. The van der Waals surface area contributed by atoms with Gasteiger partial charge in [-0.15, -0.1) is 0 Å². The molecular weight excluding hydrogens is 474 g/mol. The highest BCUT2D eigenvalue weighted by Crippen LogP contribution is 2.51. The van der Waals surface area contributed by atoms with Gasteiger partial charge in [0, 0.05) is 28.6 Å². The predicted octanol–water partition coefficient (Wildman–Crippen LogP) is 6.85. The number of nitrogens with zero attached hydrogens (tertiary/aromatic N) is 3. The highest BCUT2D eigenvalue weighted by molar-refractivity contribution is 8.19. The number of hydrogen-bond acceptors (Lipinski definition) is 6. The summed E-state index contributed by atoms with van der Waals surface area (Å²) < 4.78 is 0. The number of fused-ring (bicyclic) bond motifs is 1. The molecule has 0 unspecified atom stereocenters. The number of amides is 1. The molecule has 0 aromatic heterocycles. The van der Waals surface area contributed by atoms with Crippen LogP contribution in [0.3, 0.4) is 0 Å². The molecule has 1 saturated carbocycles. The number of amidine groups is 1. The van der Waals surface area contributed by atoms with E-state index in [9.17, 15) is 9.59 Å². The number of benzene rings is 2. The molecule has 2 aliphatic heterocycles. The zero-order valence-electron chi connectivity index (χ0n) is 18.5. The number of carbonyl (C=O) groups is 2. The summed E-state index contributed by atoms with van der Waals surface area (Å²) in [6.45, 7) is 1.55. The summed E-state index contributed by atoms with van der Waals surface area (Å²) in [5.74, 6) is 0.0516. The van der Waals surface area contributed by atoms with Crippen molar-refractivity contribution in [2.45, 2.75) is 50.0 Å². The number of carbonyl (C=O) groups excluding carboxylic acids is 2. The molecule has 1 aliphatic carbocycles. The van der Waals surface area contributed by atoms with E-state index in [2.05, 4.69) is 4.90 Å². The minimum absolute atomic E-state index is 0.0245. The van der Waals surface area contributed by atoms with E-state index in [0.29, 0.717) is 20.7 Å². The fraction of sp³-hybridized carbons (Fsp3) is 0.320. The van der Waals surface area contributed by atoms with Crippen LogP contribution < -0.4 is 4.90 Å². The number of rotatable bonds is 3. The Labute approximate surface area is 207 Å². The number of halogens is 1. The lowest BCUT2D eigenvalue weighted by Crippen LogP contribution is -2.40. The van der Waals surface area contributed by atoms with Gasteiger partial charge in [-0.25, -0.2) is 4.99 Å². The summed E-state index contributed by atoms with van der Waals surface area (Å²) in [4.78, 5) is 36.0. The van der Waals surface area contributed by atoms with Crippen molar-refractivity contribution in [3.05, 3.63) is 63.0 Å². The van der Waals surface area contributed by atoms with Crippen molar-refractivity contribution >= 4 is 63.4 Å². The van der Waals surface area contributed by atoms with Crippen LogP contribution >= 0.6 is 35.1 Å². The van der Waals surface area contributed by atoms with Gasteiger partial charge in [0.2, 0.25) is 0 Å². The van der Waals surface area contributed by atoms with Gasteiger partial charge >= 0.3 is 0 Å². The van der Waals surface area contributed by atoms with Crippen LogP contribution in [-0.2, 0) is 4.79 Å².